The maximum Gasteiger partial charge on any atom is 0.255 e. The quantitative estimate of drug-likeness (QED) is 0.927. The highest BCUT2D eigenvalue weighted by Crippen LogP contribution is 2.32. The Morgan fingerprint density at radius 2 is 2.00 bits per heavy atom. The van der Waals surface area contributed by atoms with E-state index in [2.05, 4.69) is 12.2 Å². The lowest BCUT2D eigenvalue weighted by Crippen LogP contribution is -2.49. The Morgan fingerprint density at radius 3 is 2.67 bits per heavy atom. The molecule has 2 fully saturated rings. The van der Waals surface area contributed by atoms with Crippen molar-refractivity contribution in [3.63, 3.8) is 0 Å². The third kappa shape index (κ3) is 3.23. The molecule has 1 saturated heterocycles. The zero-order chi connectivity index (χ0) is 14.8. The summed E-state index contributed by atoms with van der Waals surface area (Å²) in [5.74, 6) is 1.83. The van der Waals surface area contributed by atoms with Gasteiger partial charge in [-0.15, -0.1) is 11.8 Å². The summed E-state index contributed by atoms with van der Waals surface area (Å²) in [5.41, 5.74) is 0.646. The zero-order valence-electron chi connectivity index (χ0n) is 12.1. The second-order valence-corrected chi connectivity index (χ2v) is 6.79. The molecule has 112 valence electrons. The molecule has 1 aliphatic heterocycles. The number of thioether (sulfide) groups is 1. The van der Waals surface area contributed by atoms with Gasteiger partial charge in [0.05, 0.1) is 5.88 Å². The Labute approximate surface area is 129 Å². The van der Waals surface area contributed by atoms with E-state index in [-0.39, 0.29) is 23.9 Å². The van der Waals surface area contributed by atoms with E-state index in [9.17, 15) is 9.59 Å². The summed E-state index contributed by atoms with van der Waals surface area (Å²) in [6.07, 6.45) is 2.40. The molecule has 1 saturated carbocycles. The van der Waals surface area contributed by atoms with Crippen molar-refractivity contribution in [1.82, 2.24) is 10.2 Å². The molecule has 21 heavy (non-hydrogen) atoms. The van der Waals surface area contributed by atoms with Crippen LogP contribution in [-0.4, -0.2) is 40.4 Å². The number of benzene rings is 1. The predicted molar refractivity (Wildman–Crippen MR) is 84.1 cm³/mol. The van der Waals surface area contributed by atoms with Gasteiger partial charge in [0.15, 0.2) is 0 Å². The van der Waals surface area contributed by atoms with Crippen LogP contribution in [0.15, 0.2) is 30.3 Å². The van der Waals surface area contributed by atoms with Crippen LogP contribution in [0.1, 0.15) is 30.1 Å². The topological polar surface area (TPSA) is 49.4 Å². The van der Waals surface area contributed by atoms with Gasteiger partial charge in [0.25, 0.3) is 5.91 Å². The highest BCUT2D eigenvalue weighted by molar-refractivity contribution is 7.99. The predicted octanol–water partition coefficient (Wildman–Crippen LogP) is 2.12. The van der Waals surface area contributed by atoms with Crippen LogP contribution in [0.2, 0.25) is 0 Å². The molecular weight excluding hydrogens is 284 g/mol. The van der Waals surface area contributed by atoms with Crippen LogP contribution in [0.5, 0.6) is 0 Å². The average molecular weight is 304 g/mol. The van der Waals surface area contributed by atoms with Gasteiger partial charge in [0.2, 0.25) is 5.91 Å². The molecule has 1 aliphatic carbocycles. The summed E-state index contributed by atoms with van der Waals surface area (Å²) in [4.78, 5) is 26.6. The molecule has 3 rings (SSSR count). The largest absolute Gasteiger partial charge is 0.352 e. The molecule has 4 nitrogen and oxygen atoms in total. The standard InChI is InChI=1S/C16H20N2O2S/c1-11(12-7-8-12)17-15(19)14-9-21-10-18(14)16(20)13-5-3-2-4-6-13/h2-6,11-12,14H,7-10H2,1H3,(H,17,19)/t11?,14-/m0/s1. The van der Waals surface area contributed by atoms with Crippen molar-refractivity contribution in [2.24, 2.45) is 5.92 Å². The van der Waals surface area contributed by atoms with Crippen LogP contribution in [0.3, 0.4) is 0 Å². The Hall–Kier alpha value is -1.49. The average Bonchev–Trinajstić information content (AvgIpc) is 3.24. The summed E-state index contributed by atoms with van der Waals surface area (Å²) in [7, 11) is 0. The highest BCUT2D eigenvalue weighted by atomic mass is 32.2. The zero-order valence-corrected chi connectivity index (χ0v) is 12.9. The maximum absolute atomic E-state index is 12.5. The minimum atomic E-state index is -0.344. The molecule has 0 aromatic heterocycles. The van der Waals surface area contributed by atoms with Gasteiger partial charge >= 0.3 is 0 Å². The van der Waals surface area contributed by atoms with E-state index in [4.69, 9.17) is 0 Å². The maximum atomic E-state index is 12.5. The van der Waals surface area contributed by atoms with E-state index < -0.39 is 0 Å². The number of carbonyl (C=O) groups excluding carboxylic acids is 2. The molecule has 0 bridgehead atoms. The van der Waals surface area contributed by atoms with E-state index >= 15 is 0 Å². The monoisotopic (exact) mass is 304 g/mol. The van der Waals surface area contributed by atoms with Gasteiger partial charge in [-0.25, -0.2) is 0 Å². The van der Waals surface area contributed by atoms with E-state index in [1.54, 1.807) is 28.8 Å². The van der Waals surface area contributed by atoms with Gasteiger partial charge in [-0.3, -0.25) is 9.59 Å². The molecule has 2 atom stereocenters. The third-order valence-electron chi connectivity index (χ3n) is 4.17. The number of rotatable bonds is 4. The summed E-state index contributed by atoms with van der Waals surface area (Å²) >= 11 is 1.64. The van der Waals surface area contributed by atoms with Crippen molar-refractivity contribution in [3.8, 4) is 0 Å². The van der Waals surface area contributed by atoms with E-state index in [0.717, 1.165) is 0 Å². The van der Waals surface area contributed by atoms with Crippen LogP contribution < -0.4 is 5.32 Å². The Morgan fingerprint density at radius 1 is 1.29 bits per heavy atom. The van der Waals surface area contributed by atoms with Crippen LogP contribution in [0, 0.1) is 5.92 Å². The third-order valence-corrected chi connectivity index (χ3v) is 5.18. The van der Waals surface area contributed by atoms with E-state index in [1.807, 2.05) is 18.2 Å². The molecule has 0 spiro atoms. The first-order valence-corrected chi connectivity index (χ1v) is 8.56. The van der Waals surface area contributed by atoms with E-state index in [0.29, 0.717) is 23.1 Å². The van der Waals surface area contributed by atoms with Gasteiger partial charge in [0.1, 0.15) is 6.04 Å². The minimum absolute atomic E-state index is 0.0105. The van der Waals surface area contributed by atoms with Crippen LogP contribution >= 0.6 is 11.8 Å². The molecule has 2 amide bonds. The lowest BCUT2D eigenvalue weighted by atomic mass is 10.1. The van der Waals surface area contributed by atoms with E-state index in [1.165, 1.54) is 12.8 Å². The van der Waals surface area contributed by atoms with Crippen LogP contribution in [0.25, 0.3) is 0 Å². The Balaban J connectivity index is 1.67. The van der Waals surface area contributed by atoms with Crippen molar-refractivity contribution in [1.29, 1.82) is 0 Å². The fourth-order valence-electron chi connectivity index (χ4n) is 2.64. The molecule has 0 radical (unpaired) electrons. The highest BCUT2D eigenvalue weighted by Gasteiger charge is 2.37. The van der Waals surface area contributed by atoms with Crippen molar-refractivity contribution in [3.05, 3.63) is 35.9 Å². The number of nitrogens with zero attached hydrogens (tertiary/aromatic N) is 1. The number of hydrogen-bond donors (Lipinski definition) is 1. The molecule has 5 heteroatoms. The van der Waals surface area contributed by atoms with Crippen molar-refractivity contribution in [2.75, 3.05) is 11.6 Å². The molecule has 1 aromatic carbocycles. The van der Waals surface area contributed by atoms with Gasteiger partial charge < -0.3 is 10.2 Å². The number of carbonyl (C=O) groups is 2. The van der Waals surface area contributed by atoms with Crippen LogP contribution in [0.4, 0.5) is 0 Å². The molecular formula is C16H20N2O2S. The number of nitrogens with one attached hydrogen (secondary N) is 1. The molecule has 1 N–H and O–H groups in total. The van der Waals surface area contributed by atoms with Gasteiger partial charge in [0, 0.05) is 17.4 Å². The smallest absolute Gasteiger partial charge is 0.255 e. The fourth-order valence-corrected chi connectivity index (χ4v) is 3.80. The molecule has 2 aliphatic rings. The Kier molecular flexibility index (Phi) is 4.19. The minimum Gasteiger partial charge on any atom is -0.352 e. The second kappa shape index (κ2) is 6.10. The fraction of sp³-hybridized carbons (Fsp3) is 0.500. The van der Waals surface area contributed by atoms with Crippen molar-refractivity contribution >= 4 is 23.6 Å². The van der Waals surface area contributed by atoms with Gasteiger partial charge in [-0.05, 0) is 37.8 Å². The normalized spacial score (nSPS) is 22.9. The first-order valence-electron chi connectivity index (χ1n) is 7.41. The summed E-state index contributed by atoms with van der Waals surface area (Å²) < 4.78 is 0. The molecule has 1 unspecified atom stereocenters. The summed E-state index contributed by atoms with van der Waals surface area (Å²) in [6.45, 7) is 2.06. The SMILES string of the molecule is CC(NC(=O)[C@@H]1CSCN1C(=O)c1ccccc1)C1CC1. The first-order chi connectivity index (χ1) is 10.2. The first kappa shape index (κ1) is 14.4. The van der Waals surface area contributed by atoms with Crippen molar-refractivity contribution in [2.45, 2.75) is 31.8 Å². The summed E-state index contributed by atoms with van der Waals surface area (Å²) in [5, 5.41) is 3.07. The number of amides is 2. The van der Waals surface area contributed by atoms with Gasteiger partial charge in [-0.1, -0.05) is 18.2 Å². The lowest BCUT2D eigenvalue weighted by molar-refractivity contribution is -0.125. The van der Waals surface area contributed by atoms with Gasteiger partial charge in [-0.2, -0.15) is 0 Å². The summed E-state index contributed by atoms with van der Waals surface area (Å²) in [6, 6.07) is 9.05. The Bertz CT molecular complexity index is 530. The molecule has 1 aromatic rings. The molecule has 1 heterocycles. The number of hydrogen-bond acceptors (Lipinski definition) is 3. The lowest BCUT2D eigenvalue weighted by Gasteiger charge is -2.24. The second-order valence-electron chi connectivity index (χ2n) is 5.79. The van der Waals surface area contributed by atoms with Crippen molar-refractivity contribution < 1.29 is 9.59 Å². The van der Waals surface area contributed by atoms with Crippen LogP contribution in [-0.2, 0) is 4.79 Å².